The summed E-state index contributed by atoms with van der Waals surface area (Å²) in [6.45, 7) is 4.75. The van der Waals surface area contributed by atoms with Gasteiger partial charge in [0.1, 0.15) is 5.60 Å². The standard InChI is InChI=1S/C28H36ClF2N3O3/c1-17(35)34-22(12-18-5-7-20(29)8-6-18)24(36)16-32-23-14-28(9-4-10-28)37-25-21(23)11-19(15-33-25)13-27(2,3)26(30)31/h5-8,11,15,22-24,26,32,36H,4,9-10,12-14,16H2,1-3H3,(H,34,35)/t22-,23-,24-/m0/s1. The zero-order valence-corrected chi connectivity index (χ0v) is 22.3. The molecule has 9 heteroatoms. The molecule has 2 aromatic rings. The first-order valence-electron chi connectivity index (χ1n) is 12.9. The number of ether oxygens (including phenoxy) is 1. The van der Waals surface area contributed by atoms with E-state index in [1.807, 2.05) is 18.2 Å². The number of amides is 1. The molecule has 202 valence electrons. The number of alkyl halides is 2. The van der Waals surface area contributed by atoms with Crippen molar-refractivity contribution in [1.29, 1.82) is 0 Å². The van der Waals surface area contributed by atoms with Gasteiger partial charge in [-0.05, 0) is 61.4 Å². The predicted molar refractivity (Wildman–Crippen MR) is 139 cm³/mol. The van der Waals surface area contributed by atoms with Crippen LogP contribution in [0.4, 0.5) is 8.78 Å². The molecule has 0 bridgehead atoms. The monoisotopic (exact) mass is 535 g/mol. The highest BCUT2D eigenvalue weighted by Crippen LogP contribution is 2.48. The fourth-order valence-corrected chi connectivity index (χ4v) is 5.29. The lowest BCUT2D eigenvalue weighted by atomic mass is 9.73. The minimum Gasteiger partial charge on any atom is -0.471 e. The Bertz CT molecular complexity index is 1090. The Morgan fingerprint density at radius 2 is 1.97 bits per heavy atom. The maximum atomic E-state index is 13.5. The quantitative estimate of drug-likeness (QED) is 0.398. The van der Waals surface area contributed by atoms with Gasteiger partial charge in [0.2, 0.25) is 18.2 Å². The first-order valence-corrected chi connectivity index (χ1v) is 13.2. The summed E-state index contributed by atoms with van der Waals surface area (Å²) in [7, 11) is 0. The second kappa shape index (κ2) is 11.2. The van der Waals surface area contributed by atoms with E-state index < -0.39 is 24.0 Å². The number of aliphatic hydroxyl groups excluding tert-OH is 1. The van der Waals surface area contributed by atoms with Crippen LogP contribution in [-0.4, -0.2) is 46.7 Å². The van der Waals surface area contributed by atoms with Crippen LogP contribution in [0.25, 0.3) is 0 Å². The van der Waals surface area contributed by atoms with Gasteiger partial charge < -0.3 is 20.5 Å². The lowest BCUT2D eigenvalue weighted by Gasteiger charge is -2.47. The van der Waals surface area contributed by atoms with E-state index in [0.29, 0.717) is 23.7 Å². The summed E-state index contributed by atoms with van der Waals surface area (Å²) in [6.07, 6.45) is 2.60. The SMILES string of the molecule is CC(=O)N[C@@H](Cc1ccc(Cl)cc1)[C@@H](O)CN[C@H]1CC2(CCC2)Oc2ncc(CC(C)(C)C(F)F)cc21. The van der Waals surface area contributed by atoms with Gasteiger partial charge in [0.25, 0.3) is 0 Å². The van der Waals surface area contributed by atoms with Gasteiger partial charge in [0.05, 0.1) is 12.1 Å². The second-order valence-electron chi connectivity index (χ2n) is 11.2. The van der Waals surface area contributed by atoms with E-state index in [1.54, 1.807) is 32.2 Å². The van der Waals surface area contributed by atoms with Crippen molar-refractivity contribution in [2.24, 2.45) is 5.41 Å². The van der Waals surface area contributed by atoms with Crippen molar-refractivity contribution in [2.45, 2.75) is 89.5 Å². The number of rotatable bonds is 10. The van der Waals surface area contributed by atoms with Gasteiger partial charge in [-0.1, -0.05) is 37.6 Å². The zero-order chi connectivity index (χ0) is 26.8. The summed E-state index contributed by atoms with van der Waals surface area (Å²) in [6, 6.07) is 8.56. The lowest BCUT2D eigenvalue weighted by Crippen LogP contribution is -2.52. The summed E-state index contributed by atoms with van der Waals surface area (Å²) in [5, 5.41) is 18.0. The van der Waals surface area contributed by atoms with E-state index in [9.17, 15) is 18.7 Å². The van der Waals surface area contributed by atoms with Crippen LogP contribution in [0, 0.1) is 5.41 Å². The van der Waals surface area contributed by atoms with Crippen molar-refractivity contribution in [3.05, 3.63) is 58.2 Å². The molecule has 1 aliphatic heterocycles. The van der Waals surface area contributed by atoms with E-state index in [0.717, 1.165) is 36.0 Å². The van der Waals surface area contributed by atoms with Crippen molar-refractivity contribution in [2.75, 3.05) is 6.54 Å². The molecule has 1 amide bonds. The number of nitrogens with zero attached hydrogens (tertiary/aromatic N) is 1. The van der Waals surface area contributed by atoms with Gasteiger partial charge in [0, 0.05) is 48.1 Å². The highest BCUT2D eigenvalue weighted by Gasteiger charge is 2.46. The molecule has 2 aliphatic rings. The largest absolute Gasteiger partial charge is 0.471 e. The van der Waals surface area contributed by atoms with Crippen LogP contribution in [0.1, 0.15) is 69.2 Å². The van der Waals surface area contributed by atoms with Crippen LogP contribution in [0.5, 0.6) is 5.88 Å². The molecule has 1 fully saturated rings. The van der Waals surface area contributed by atoms with E-state index in [2.05, 4.69) is 15.6 Å². The molecule has 1 aliphatic carbocycles. The van der Waals surface area contributed by atoms with E-state index in [1.165, 1.54) is 6.92 Å². The number of benzene rings is 1. The average Bonchev–Trinajstić information content (AvgIpc) is 2.81. The predicted octanol–water partition coefficient (Wildman–Crippen LogP) is 5.01. The van der Waals surface area contributed by atoms with Gasteiger partial charge in [-0.15, -0.1) is 0 Å². The first kappa shape index (κ1) is 27.7. The molecule has 3 atom stereocenters. The number of hydrogen-bond acceptors (Lipinski definition) is 5. The number of carbonyl (C=O) groups is 1. The molecule has 1 spiro atoms. The number of aromatic nitrogens is 1. The van der Waals surface area contributed by atoms with Gasteiger partial charge in [-0.3, -0.25) is 4.79 Å². The molecule has 6 nitrogen and oxygen atoms in total. The van der Waals surface area contributed by atoms with Crippen LogP contribution in [0.15, 0.2) is 36.5 Å². The molecule has 0 saturated heterocycles. The fraction of sp³-hybridized carbons (Fsp3) is 0.571. The maximum absolute atomic E-state index is 13.5. The third kappa shape index (κ3) is 6.78. The Morgan fingerprint density at radius 1 is 1.27 bits per heavy atom. The first-order chi connectivity index (χ1) is 17.5. The molecule has 2 heterocycles. The van der Waals surface area contributed by atoms with Crippen molar-refractivity contribution in [1.82, 2.24) is 15.6 Å². The zero-order valence-electron chi connectivity index (χ0n) is 21.6. The molecule has 37 heavy (non-hydrogen) atoms. The number of carbonyl (C=O) groups excluding carboxylic acids is 1. The van der Waals surface area contributed by atoms with Crippen molar-refractivity contribution in [3.8, 4) is 5.88 Å². The Labute approximate surface area is 222 Å². The highest BCUT2D eigenvalue weighted by atomic mass is 35.5. The molecule has 4 rings (SSSR count). The number of nitrogens with one attached hydrogen (secondary N) is 2. The summed E-state index contributed by atoms with van der Waals surface area (Å²) >= 11 is 5.99. The molecule has 3 N–H and O–H groups in total. The Balaban J connectivity index is 1.50. The minimum atomic E-state index is -2.45. The van der Waals surface area contributed by atoms with Gasteiger partial charge in [0.15, 0.2) is 0 Å². The van der Waals surface area contributed by atoms with Gasteiger partial charge >= 0.3 is 0 Å². The Kier molecular flexibility index (Phi) is 8.41. The highest BCUT2D eigenvalue weighted by molar-refractivity contribution is 6.30. The normalized spacial score (nSPS) is 20.1. The van der Waals surface area contributed by atoms with Crippen LogP contribution in [0.2, 0.25) is 5.02 Å². The molecule has 1 aromatic heterocycles. The van der Waals surface area contributed by atoms with E-state index in [4.69, 9.17) is 16.3 Å². The van der Waals surface area contributed by atoms with Crippen molar-refractivity contribution >= 4 is 17.5 Å². The van der Waals surface area contributed by atoms with Gasteiger partial charge in [-0.25, -0.2) is 13.8 Å². The Morgan fingerprint density at radius 3 is 2.57 bits per heavy atom. The third-order valence-electron chi connectivity index (χ3n) is 7.51. The fourth-order valence-electron chi connectivity index (χ4n) is 5.16. The minimum absolute atomic E-state index is 0.158. The number of fused-ring (bicyclic) bond motifs is 1. The van der Waals surface area contributed by atoms with Gasteiger partial charge in [-0.2, -0.15) is 0 Å². The van der Waals surface area contributed by atoms with Crippen LogP contribution < -0.4 is 15.4 Å². The van der Waals surface area contributed by atoms with E-state index in [-0.39, 0.29) is 30.5 Å². The van der Waals surface area contributed by atoms with Crippen LogP contribution in [0.3, 0.4) is 0 Å². The average molecular weight is 536 g/mol. The smallest absolute Gasteiger partial charge is 0.243 e. The number of halogens is 3. The number of pyridine rings is 1. The molecular formula is C28H36ClF2N3O3. The van der Waals surface area contributed by atoms with Crippen LogP contribution in [-0.2, 0) is 17.6 Å². The summed E-state index contributed by atoms with van der Waals surface area (Å²) in [5.74, 6) is 0.300. The van der Waals surface area contributed by atoms with Crippen molar-refractivity contribution < 1.29 is 23.4 Å². The topological polar surface area (TPSA) is 83.5 Å². The maximum Gasteiger partial charge on any atom is 0.243 e. The molecule has 1 aromatic carbocycles. The van der Waals surface area contributed by atoms with E-state index >= 15 is 0 Å². The number of hydrogen-bond donors (Lipinski definition) is 3. The summed E-state index contributed by atoms with van der Waals surface area (Å²) < 4.78 is 33.3. The third-order valence-corrected chi connectivity index (χ3v) is 7.76. The summed E-state index contributed by atoms with van der Waals surface area (Å²) in [5.41, 5.74) is 1.03. The molecule has 1 saturated carbocycles. The van der Waals surface area contributed by atoms with Crippen molar-refractivity contribution in [3.63, 3.8) is 0 Å². The second-order valence-corrected chi connectivity index (χ2v) is 11.6. The van der Waals surface area contributed by atoms with Crippen LogP contribution >= 0.6 is 11.6 Å². The molecule has 0 unspecified atom stereocenters. The molecule has 0 radical (unpaired) electrons. The number of aliphatic hydroxyl groups is 1. The molecular weight excluding hydrogens is 500 g/mol. The Hall–Kier alpha value is -2.29. The summed E-state index contributed by atoms with van der Waals surface area (Å²) in [4.78, 5) is 16.4. The lowest BCUT2D eigenvalue weighted by molar-refractivity contribution is -0.120.